The summed E-state index contributed by atoms with van der Waals surface area (Å²) in [6, 6.07) is 10.6. The Morgan fingerprint density at radius 1 is 1.24 bits per heavy atom. The lowest BCUT2D eigenvalue weighted by atomic mass is 10.00. The quantitative estimate of drug-likeness (QED) is 0.883. The molecule has 0 amide bonds. The Morgan fingerprint density at radius 3 is 2.62 bits per heavy atom. The minimum atomic E-state index is 0.00822. The highest BCUT2D eigenvalue weighted by Gasteiger charge is 2.25. The first-order valence-corrected chi connectivity index (χ1v) is 7.78. The Balaban J connectivity index is 2.41. The summed E-state index contributed by atoms with van der Waals surface area (Å²) in [6.07, 6.45) is 1.13. The van der Waals surface area contributed by atoms with E-state index in [-0.39, 0.29) is 5.54 Å². The maximum Gasteiger partial charge on any atom is 0.0708 e. The monoisotopic (exact) mass is 285 g/mol. The van der Waals surface area contributed by atoms with E-state index in [0.29, 0.717) is 6.54 Å². The van der Waals surface area contributed by atoms with Crippen molar-refractivity contribution in [3.05, 3.63) is 41.6 Å². The first kappa shape index (κ1) is 15.9. The van der Waals surface area contributed by atoms with Gasteiger partial charge in [0.1, 0.15) is 0 Å². The summed E-state index contributed by atoms with van der Waals surface area (Å²) in [6.45, 7) is 11.4. The van der Waals surface area contributed by atoms with Crippen LogP contribution >= 0.6 is 0 Å². The van der Waals surface area contributed by atoms with Crippen molar-refractivity contribution < 1.29 is 0 Å². The number of fused-ring (bicyclic) bond motifs is 1. The number of nitrogens with zero attached hydrogens (tertiary/aromatic N) is 2. The molecule has 0 saturated carbocycles. The predicted octanol–water partition coefficient (Wildman–Crippen LogP) is 3.49. The highest BCUT2D eigenvalue weighted by molar-refractivity contribution is 5.82. The zero-order valence-electron chi connectivity index (χ0n) is 13.7. The fourth-order valence-corrected chi connectivity index (χ4v) is 2.73. The van der Waals surface area contributed by atoms with Crippen LogP contribution < -0.4 is 5.73 Å². The van der Waals surface area contributed by atoms with Gasteiger partial charge in [-0.2, -0.15) is 0 Å². The van der Waals surface area contributed by atoms with Crippen molar-refractivity contribution in [1.29, 1.82) is 0 Å². The van der Waals surface area contributed by atoms with Crippen molar-refractivity contribution in [1.82, 2.24) is 9.88 Å². The van der Waals surface area contributed by atoms with E-state index in [9.17, 15) is 0 Å². The van der Waals surface area contributed by atoms with Crippen LogP contribution in [0.2, 0.25) is 0 Å². The molecule has 21 heavy (non-hydrogen) atoms. The standard InChI is InChI=1S/C18H27N3/c1-5-10-21(18(3,4)13-19)12-15-11-14(2)20-17-9-7-6-8-16(15)17/h6-9,11H,5,10,12-13,19H2,1-4H3. The molecule has 0 aliphatic carbocycles. The molecular formula is C18H27N3. The van der Waals surface area contributed by atoms with Gasteiger partial charge in [-0.3, -0.25) is 9.88 Å². The molecule has 0 aliphatic heterocycles. The van der Waals surface area contributed by atoms with E-state index in [2.05, 4.69) is 61.8 Å². The number of hydrogen-bond donors (Lipinski definition) is 1. The van der Waals surface area contributed by atoms with Crippen LogP contribution in [0.25, 0.3) is 10.9 Å². The van der Waals surface area contributed by atoms with Crippen LogP contribution in [0.1, 0.15) is 38.4 Å². The second-order valence-electron chi connectivity index (χ2n) is 6.38. The van der Waals surface area contributed by atoms with Crippen molar-refractivity contribution >= 4 is 10.9 Å². The molecule has 2 N–H and O–H groups in total. The number of aromatic nitrogens is 1. The number of hydrogen-bond acceptors (Lipinski definition) is 3. The van der Waals surface area contributed by atoms with Crippen LogP contribution in [0.15, 0.2) is 30.3 Å². The zero-order chi connectivity index (χ0) is 15.5. The molecular weight excluding hydrogens is 258 g/mol. The predicted molar refractivity (Wildman–Crippen MR) is 90.3 cm³/mol. The van der Waals surface area contributed by atoms with Crippen molar-refractivity contribution in [2.45, 2.75) is 46.2 Å². The van der Waals surface area contributed by atoms with E-state index in [4.69, 9.17) is 5.73 Å². The Bertz CT molecular complexity index is 604. The summed E-state index contributed by atoms with van der Waals surface area (Å²) < 4.78 is 0. The molecule has 0 bridgehead atoms. The molecule has 0 aliphatic rings. The van der Waals surface area contributed by atoms with E-state index >= 15 is 0 Å². The number of para-hydroxylation sites is 1. The van der Waals surface area contributed by atoms with Crippen molar-refractivity contribution in [2.75, 3.05) is 13.1 Å². The smallest absolute Gasteiger partial charge is 0.0708 e. The topological polar surface area (TPSA) is 42.2 Å². The number of aryl methyl sites for hydroxylation is 1. The van der Waals surface area contributed by atoms with Crippen LogP contribution in [0, 0.1) is 6.92 Å². The van der Waals surface area contributed by atoms with E-state index in [1.165, 1.54) is 10.9 Å². The molecule has 0 spiro atoms. The Kier molecular flexibility index (Phi) is 4.96. The van der Waals surface area contributed by atoms with Gasteiger partial charge < -0.3 is 5.73 Å². The summed E-state index contributed by atoms with van der Waals surface area (Å²) in [7, 11) is 0. The molecule has 3 heteroatoms. The van der Waals surface area contributed by atoms with Gasteiger partial charge in [0, 0.05) is 29.7 Å². The summed E-state index contributed by atoms with van der Waals surface area (Å²) >= 11 is 0. The molecule has 114 valence electrons. The average molecular weight is 285 g/mol. The molecule has 0 atom stereocenters. The van der Waals surface area contributed by atoms with Crippen LogP contribution in [0.5, 0.6) is 0 Å². The third-order valence-electron chi connectivity index (χ3n) is 4.14. The second-order valence-corrected chi connectivity index (χ2v) is 6.38. The van der Waals surface area contributed by atoms with Gasteiger partial charge >= 0.3 is 0 Å². The maximum atomic E-state index is 5.98. The highest BCUT2D eigenvalue weighted by Crippen LogP contribution is 2.23. The SMILES string of the molecule is CCCN(Cc1cc(C)nc2ccccc12)C(C)(C)CN. The van der Waals surface area contributed by atoms with Gasteiger partial charge in [0.25, 0.3) is 0 Å². The van der Waals surface area contributed by atoms with Crippen LogP contribution in [0.4, 0.5) is 0 Å². The van der Waals surface area contributed by atoms with E-state index in [1.807, 2.05) is 6.07 Å². The molecule has 1 heterocycles. The van der Waals surface area contributed by atoms with Crippen molar-refractivity contribution in [3.63, 3.8) is 0 Å². The molecule has 1 aromatic heterocycles. The first-order valence-electron chi connectivity index (χ1n) is 7.78. The molecule has 0 saturated heterocycles. The third-order valence-corrected chi connectivity index (χ3v) is 4.14. The molecule has 0 radical (unpaired) electrons. The average Bonchev–Trinajstić information content (AvgIpc) is 2.46. The summed E-state index contributed by atoms with van der Waals surface area (Å²) in [5.74, 6) is 0. The largest absolute Gasteiger partial charge is 0.329 e. The number of benzene rings is 1. The minimum Gasteiger partial charge on any atom is -0.329 e. The normalized spacial score (nSPS) is 12.3. The van der Waals surface area contributed by atoms with Crippen LogP contribution in [-0.2, 0) is 6.54 Å². The van der Waals surface area contributed by atoms with Gasteiger partial charge in [0.15, 0.2) is 0 Å². The number of nitrogens with two attached hydrogens (primary N) is 1. The third kappa shape index (κ3) is 3.60. The van der Waals surface area contributed by atoms with Gasteiger partial charge in [-0.1, -0.05) is 25.1 Å². The lowest BCUT2D eigenvalue weighted by molar-refractivity contribution is 0.118. The molecule has 0 unspecified atom stereocenters. The fourth-order valence-electron chi connectivity index (χ4n) is 2.73. The van der Waals surface area contributed by atoms with Gasteiger partial charge in [-0.05, 0) is 51.4 Å². The summed E-state index contributed by atoms with van der Waals surface area (Å²) in [5, 5.41) is 1.25. The summed E-state index contributed by atoms with van der Waals surface area (Å²) in [5.41, 5.74) is 9.48. The fraction of sp³-hybridized carbons (Fsp3) is 0.500. The zero-order valence-corrected chi connectivity index (χ0v) is 13.7. The number of pyridine rings is 1. The molecule has 2 rings (SSSR count). The highest BCUT2D eigenvalue weighted by atomic mass is 15.2. The Hall–Kier alpha value is -1.45. The minimum absolute atomic E-state index is 0.00822. The Labute approximate surface area is 128 Å². The molecule has 2 aromatic rings. The first-order chi connectivity index (χ1) is 9.97. The van der Waals surface area contributed by atoms with Crippen LogP contribution in [-0.4, -0.2) is 28.5 Å². The van der Waals surface area contributed by atoms with E-state index < -0.39 is 0 Å². The maximum absolute atomic E-state index is 5.98. The van der Waals surface area contributed by atoms with E-state index in [0.717, 1.165) is 30.7 Å². The lowest BCUT2D eigenvalue weighted by Gasteiger charge is -2.38. The van der Waals surface area contributed by atoms with E-state index in [1.54, 1.807) is 0 Å². The molecule has 3 nitrogen and oxygen atoms in total. The van der Waals surface area contributed by atoms with Gasteiger partial charge in [0.2, 0.25) is 0 Å². The lowest BCUT2D eigenvalue weighted by Crippen LogP contribution is -2.49. The second kappa shape index (κ2) is 6.54. The van der Waals surface area contributed by atoms with Crippen molar-refractivity contribution in [3.8, 4) is 0 Å². The number of rotatable bonds is 6. The van der Waals surface area contributed by atoms with Crippen molar-refractivity contribution in [2.24, 2.45) is 5.73 Å². The molecule has 0 fully saturated rings. The van der Waals surface area contributed by atoms with Gasteiger partial charge in [0.05, 0.1) is 5.52 Å². The van der Waals surface area contributed by atoms with Crippen LogP contribution in [0.3, 0.4) is 0 Å². The molecule has 1 aromatic carbocycles. The Morgan fingerprint density at radius 2 is 1.95 bits per heavy atom. The summed E-state index contributed by atoms with van der Waals surface area (Å²) in [4.78, 5) is 7.11. The van der Waals surface area contributed by atoms with Gasteiger partial charge in [-0.25, -0.2) is 0 Å². The van der Waals surface area contributed by atoms with Gasteiger partial charge in [-0.15, -0.1) is 0 Å².